The summed E-state index contributed by atoms with van der Waals surface area (Å²) in [6.45, 7) is 2.28. The van der Waals surface area contributed by atoms with Crippen LogP contribution in [0.25, 0.3) is 0 Å². The zero-order valence-corrected chi connectivity index (χ0v) is 8.46. The van der Waals surface area contributed by atoms with Crippen LogP contribution in [0.1, 0.15) is 26.2 Å². The summed E-state index contributed by atoms with van der Waals surface area (Å²) in [5.41, 5.74) is 1.03. The van der Waals surface area contributed by atoms with Gasteiger partial charge in [-0.2, -0.15) is 0 Å². The van der Waals surface area contributed by atoms with E-state index in [1.807, 2.05) is 0 Å². The Balaban J connectivity index is 1.94. The van der Waals surface area contributed by atoms with E-state index in [9.17, 15) is 4.39 Å². The largest absolute Gasteiger partial charge is 0.382 e. The molecular formula is C12H16FN. The van der Waals surface area contributed by atoms with Gasteiger partial charge in [-0.25, -0.2) is 4.39 Å². The van der Waals surface area contributed by atoms with Crippen LogP contribution in [-0.2, 0) is 0 Å². The smallest absolute Gasteiger partial charge is 0.123 e. The fourth-order valence-electron chi connectivity index (χ4n) is 2.12. The molecule has 0 aliphatic heterocycles. The van der Waals surface area contributed by atoms with Gasteiger partial charge in [0.25, 0.3) is 0 Å². The van der Waals surface area contributed by atoms with Crippen LogP contribution < -0.4 is 5.32 Å². The molecular weight excluding hydrogens is 177 g/mol. The molecule has 14 heavy (non-hydrogen) atoms. The van der Waals surface area contributed by atoms with E-state index >= 15 is 0 Å². The van der Waals surface area contributed by atoms with Crippen molar-refractivity contribution in [1.82, 2.24) is 0 Å². The van der Waals surface area contributed by atoms with Crippen molar-refractivity contribution in [2.75, 3.05) is 5.32 Å². The van der Waals surface area contributed by atoms with Crippen LogP contribution >= 0.6 is 0 Å². The monoisotopic (exact) mass is 193 g/mol. The third-order valence-electron chi connectivity index (χ3n) is 2.91. The van der Waals surface area contributed by atoms with Crippen molar-refractivity contribution in [3.8, 4) is 0 Å². The molecule has 1 aliphatic rings. The predicted octanol–water partition coefficient (Wildman–Crippen LogP) is 3.43. The van der Waals surface area contributed by atoms with Crippen LogP contribution in [0, 0.1) is 11.7 Å². The Labute approximate surface area is 84.3 Å². The first-order valence-electron chi connectivity index (χ1n) is 5.26. The van der Waals surface area contributed by atoms with Gasteiger partial charge in [0.1, 0.15) is 5.82 Å². The van der Waals surface area contributed by atoms with Crippen molar-refractivity contribution >= 4 is 5.69 Å². The number of benzene rings is 1. The highest BCUT2D eigenvalue weighted by Crippen LogP contribution is 2.27. The van der Waals surface area contributed by atoms with Crippen molar-refractivity contribution < 1.29 is 4.39 Å². The Hall–Kier alpha value is -1.05. The zero-order valence-electron chi connectivity index (χ0n) is 8.46. The molecule has 1 saturated carbocycles. The quantitative estimate of drug-likeness (QED) is 0.758. The van der Waals surface area contributed by atoms with E-state index in [-0.39, 0.29) is 5.82 Å². The third-order valence-corrected chi connectivity index (χ3v) is 2.91. The van der Waals surface area contributed by atoms with Crippen molar-refractivity contribution in [1.29, 1.82) is 0 Å². The van der Waals surface area contributed by atoms with Gasteiger partial charge < -0.3 is 5.32 Å². The first-order chi connectivity index (χ1) is 6.74. The maximum absolute atomic E-state index is 12.6. The van der Waals surface area contributed by atoms with Crippen LogP contribution in [0.3, 0.4) is 0 Å². The molecule has 1 N–H and O–H groups in total. The molecule has 0 unspecified atom stereocenters. The Morgan fingerprint density at radius 2 is 1.93 bits per heavy atom. The van der Waals surface area contributed by atoms with Crippen LogP contribution in [-0.4, -0.2) is 6.04 Å². The van der Waals surface area contributed by atoms with E-state index in [1.165, 1.54) is 31.4 Å². The highest BCUT2D eigenvalue weighted by Gasteiger charge is 2.20. The summed E-state index contributed by atoms with van der Waals surface area (Å²) in [7, 11) is 0. The van der Waals surface area contributed by atoms with Gasteiger partial charge in [-0.1, -0.05) is 6.92 Å². The van der Waals surface area contributed by atoms with Gasteiger partial charge in [0.2, 0.25) is 0 Å². The van der Waals surface area contributed by atoms with Gasteiger partial charge in [0.05, 0.1) is 0 Å². The molecule has 2 heteroatoms. The minimum atomic E-state index is -0.171. The van der Waals surface area contributed by atoms with Gasteiger partial charge in [0, 0.05) is 11.7 Å². The highest BCUT2D eigenvalue weighted by atomic mass is 19.1. The summed E-state index contributed by atoms with van der Waals surface area (Å²) < 4.78 is 12.6. The lowest BCUT2D eigenvalue weighted by Gasteiger charge is -2.13. The molecule has 0 radical (unpaired) electrons. The van der Waals surface area contributed by atoms with E-state index in [0.717, 1.165) is 11.6 Å². The van der Waals surface area contributed by atoms with Crippen molar-refractivity contribution in [2.45, 2.75) is 32.2 Å². The van der Waals surface area contributed by atoms with E-state index < -0.39 is 0 Å². The number of anilines is 1. The molecule has 0 bridgehead atoms. The average Bonchev–Trinajstić information content (AvgIpc) is 2.56. The summed E-state index contributed by atoms with van der Waals surface area (Å²) in [5.74, 6) is 0.656. The molecule has 0 saturated heterocycles. The van der Waals surface area contributed by atoms with Crippen LogP contribution in [0.5, 0.6) is 0 Å². The Morgan fingerprint density at radius 3 is 2.50 bits per heavy atom. The molecule has 0 spiro atoms. The second-order valence-corrected chi connectivity index (χ2v) is 4.27. The van der Waals surface area contributed by atoms with E-state index in [1.54, 1.807) is 12.1 Å². The number of hydrogen-bond acceptors (Lipinski definition) is 1. The third kappa shape index (κ3) is 2.25. The van der Waals surface area contributed by atoms with E-state index in [0.29, 0.717) is 6.04 Å². The Bertz CT molecular complexity index is 294. The fourth-order valence-corrected chi connectivity index (χ4v) is 2.12. The van der Waals surface area contributed by atoms with Gasteiger partial charge in [-0.15, -0.1) is 0 Å². The molecule has 1 aromatic carbocycles. The van der Waals surface area contributed by atoms with Crippen LogP contribution in [0.15, 0.2) is 24.3 Å². The standard InChI is InChI=1S/C12H16FN/c1-9-2-5-12(8-9)14-11-6-3-10(13)4-7-11/h3-4,6-7,9,12,14H,2,5,8H2,1H3/t9-,12+/m0/s1. The van der Waals surface area contributed by atoms with Gasteiger partial charge in [0.15, 0.2) is 0 Å². The minimum absolute atomic E-state index is 0.171. The molecule has 1 fully saturated rings. The lowest BCUT2D eigenvalue weighted by molar-refractivity contribution is 0.602. The molecule has 76 valence electrons. The van der Waals surface area contributed by atoms with Crippen molar-refractivity contribution in [3.05, 3.63) is 30.1 Å². The minimum Gasteiger partial charge on any atom is -0.382 e. The fraction of sp³-hybridized carbons (Fsp3) is 0.500. The molecule has 1 nitrogen and oxygen atoms in total. The number of hydrogen-bond donors (Lipinski definition) is 1. The Kier molecular flexibility index (Phi) is 2.71. The normalized spacial score (nSPS) is 26.4. The first-order valence-corrected chi connectivity index (χ1v) is 5.26. The van der Waals surface area contributed by atoms with Gasteiger partial charge in [-0.05, 0) is 49.4 Å². The maximum atomic E-state index is 12.6. The summed E-state index contributed by atoms with van der Waals surface area (Å²) in [4.78, 5) is 0. The highest BCUT2D eigenvalue weighted by molar-refractivity contribution is 5.43. The second-order valence-electron chi connectivity index (χ2n) is 4.27. The average molecular weight is 193 g/mol. The van der Waals surface area contributed by atoms with Crippen LogP contribution in [0.4, 0.5) is 10.1 Å². The molecule has 0 heterocycles. The lowest BCUT2D eigenvalue weighted by atomic mass is 10.1. The van der Waals surface area contributed by atoms with E-state index in [2.05, 4.69) is 12.2 Å². The van der Waals surface area contributed by atoms with Gasteiger partial charge in [-0.3, -0.25) is 0 Å². The zero-order chi connectivity index (χ0) is 9.97. The van der Waals surface area contributed by atoms with Crippen molar-refractivity contribution in [2.24, 2.45) is 5.92 Å². The second kappa shape index (κ2) is 3.99. The lowest BCUT2D eigenvalue weighted by Crippen LogP contribution is -2.14. The molecule has 1 aliphatic carbocycles. The summed E-state index contributed by atoms with van der Waals surface area (Å²) in [6, 6.07) is 7.19. The molecule has 0 amide bonds. The molecule has 0 aromatic heterocycles. The summed E-state index contributed by atoms with van der Waals surface area (Å²) in [6.07, 6.45) is 3.77. The number of rotatable bonds is 2. The van der Waals surface area contributed by atoms with Crippen molar-refractivity contribution in [3.63, 3.8) is 0 Å². The Morgan fingerprint density at radius 1 is 1.21 bits per heavy atom. The van der Waals surface area contributed by atoms with Gasteiger partial charge >= 0.3 is 0 Å². The SMILES string of the molecule is C[C@H]1CC[C@@H](Nc2ccc(F)cc2)C1. The predicted molar refractivity (Wildman–Crippen MR) is 56.8 cm³/mol. The molecule has 1 aromatic rings. The molecule has 2 atom stereocenters. The number of halogens is 1. The summed E-state index contributed by atoms with van der Waals surface area (Å²) in [5, 5.41) is 3.43. The number of nitrogens with one attached hydrogen (secondary N) is 1. The van der Waals surface area contributed by atoms with Crippen LogP contribution in [0.2, 0.25) is 0 Å². The summed E-state index contributed by atoms with van der Waals surface area (Å²) >= 11 is 0. The van der Waals surface area contributed by atoms with E-state index in [4.69, 9.17) is 0 Å². The topological polar surface area (TPSA) is 12.0 Å². The maximum Gasteiger partial charge on any atom is 0.123 e. The molecule has 2 rings (SSSR count). The first kappa shape index (κ1) is 9.50.